The van der Waals surface area contributed by atoms with Crippen LogP contribution in [-0.4, -0.2) is 18.5 Å². The highest BCUT2D eigenvalue weighted by Crippen LogP contribution is 2.10. The number of carbonyl (C=O) groups excluding carboxylic acids is 1. The molecule has 0 aliphatic carbocycles. The van der Waals surface area contributed by atoms with E-state index in [1.54, 1.807) is 0 Å². The van der Waals surface area contributed by atoms with Gasteiger partial charge in [0.1, 0.15) is 0 Å². The number of urea groups is 1. The van der Waals surface area contributed by atoms with E-state index in [0.717, 1.165) is 15.7 Å². The summed E-state index contributed by atoms with van der Waals surface area (Å²) in [5.41, 5.74) is 0.791. The third kappa shape index (κ3) is 5.22. The summed E-state index contributed by atoms with van der Waals surface area (Å²) in [6.45, 7) is 0.597. The second-order valence-corrected chi connectivity index (χ2v) is 4.55. The van der Waals surface area contributed by atoms with E-state index in [1.165, 1.54) is 0 Å². The second-order valence-electron chi connectivity index (χ2n) is 2.93. The number of carbonyl (C=O) groups is 1. The van der Waals surface area contributed by atoms with Crippen LogP contribution in [0.1, 0.15) is 6.42 Å². The van der Waals surface area contributed by atoms with Gasteiger partial charge in [-0.05, 0) is 53.3 Å². The first-order valence-corrected chi connectivity index (χ1v) is 6.20. The Kier molecular flexibility index (Phi) is 5.78. The number of hydrogen-bond donors (Lipinski definition) is 2. The van der Waals surface area contributed by atoms with E-state index < -0.39 is 0 Å². The highest BCUT2D eigenvalue weighted by molar-refractivity contribution is 14.1. The molecule has 82 valence electrons. The maximum absolute atomic E-state index is 11.3. The normalized spacial score (nSPS) is 9.73. The van der Waals surface area contributed by atoms with Crippen molar-refractivity contribution in [1.82, 2.24) is 5.32 Å². The van der Waals surface area contributed by atoms with E-state index in [9.17, 15) is 4.79 Å². The zero-order valence-corrected chi connectivity index (χ0v) is 11.0. The van der Waals surface area contributed by atoms with Gasteiger partial charge in [-0.3, -0.25) is 0 Å². The lowest BCUT2D eigenvalue weighted by atomic mass is 10.3. The second kappa shape index (κ2) is 6.90. The van der Waals surface area contributed by atoms with Crippen molar-refractivity contribution in [2.75, 3.05) is 17.7 Å². The van der Waals surface area contributed by atoms with Crippen molar-refractivity contribution >= 4 is 45.9 Å². The molecule has 0 unspecified atom stereocenters. The van der Waals surface area contributed by atoms with Crippen LogP contribution in [-0.2, 0) is 0 Å². The lowest BCUT2D eigenvalue weighted by Crippen LogP contribution is -2.29. The fraction of sp³-hybridized carbons (Fsp3) is 0.300. The molecule has 0 saturated carbocycles. The summed E-state index contributed by atoms with van der Waals surface area (Å²) < 4.78 is 1.14. The summed E-state index contributed by atoms with van der Waals surface area (Å²) in [6.07, 6.45) is 0.779. The number of hydrogen-bond acceptors (Lipinski definition) is 1. The lowest BCUT2D eigenvalue weighted by molar-refractivity contribution is 0.252. The summed E-state index contributed by atoms with van der Waals surface area (Å²) >= 11 is 7.70. The molecule has 0 fully saturated rings. The van der Waals surface area contributed by atoms with Crippen LogP contribution in [0.15, 0.2) is 24.3 Å². The summed E-state index contributed by atoms with van der Waals surface area (Å²) in [5.74, 6) is 0.559. The SMILES string of the molecule is O=C(NCCCCl)Nc1ccc(I)cc1. The Morgan fingerprint density at radius 3 is 2.60 bits per heavy atom. The largest absolute Gasteiger partial charge is 0.338 e. The highest BCUT2D eigenvalue weighted by Gasteiger charge is 1.99. The Balaban J connectivity index is 2.34. The molecule has 1 rings (SSSR count). The van der Waals surface area contributed by atoms with E-state index in [0.29, 0.717) is 12.4 Å². The number of halogens is 2. The Hall–Kier alpha value is -0.490. The maximum atomic E-state index is 11.3. The first-order chi connectivity index (χ1) is 7.22. The fourth-order valence-electron chi connectivity index (χ4n) is 0.977. The van der Waals surface area contributed by atoms with Crippen LogP contribution in [0.4, 0.5) is 10.5 Å². The monoisotopic (exact) mass is 338 g/mol. The van der Waals surface area contributed by atoms with Crippen LogP contribution in [0.5, 0.6) is 0 Å². The molecule has 0 aliphatic rings. The van der Waals surface area contributed by atoms with Gasteiger partial charge in [0, 0.05) is 21.7 Å². The van der Waals surface area contributed by atoms with E-state index in [-0.39, 0.29) is 6.03 Å². The zero-order chi connectivity index (χ0) is 11.1. The number of amides is 2. The van der Waals surface area contributed by atoms with E-state index in [2.05, 4.69) is 33.2 Å². The van der Waals surface area contributed by atoms with Gasteiger partial charge >= 0.3 is 6.03 Å². The number of nitrogens with one attached hydrogen (secondary N) is 2. The minimum absolute atomic E-state index is 0.193. The van der Waals surface area contributed by atoms with E-state index in [1.807, 2.05) is 24.3 Å². The molecule has 3 nitrogen and oxygen atoms in total. The molecule has 0 radical (unpaired) electrons. The lowest BCUT2D eigenvalue weighted by Gasteiger charge is -2.06. The van der Waals surface area contributed by atoms with Crippen molar-refractivity contribution in [3.05, 3.63) is 27.8 Å². The van der Waals surface area contributed by atoms with Crippen molar-refractivity contribution < 1.29 is 4.79 Å². The predicted molar refractivity (Wildman–Crippen MR) is 71.5 cm³/mol. The van der Waals surface area contributed by atoms with Gasteiger partial charge in [-0.25, -0.2) is 4.79 Å². The van der Waals surface area contributed by atoms with Crippen molar-refractivity contribution in [2.45, 2.75) is 6.42 Å². The Labute approximate surface area is 108 Å². The summed E-state index contributed by atoms with van der Waals surface area (Å²) in [7, 11) is 0. The first kappa shape index (κ1) is 12.6. The van der Waals surface area contributed by atoms with Crippen molar-refractivity contribution in [3.63, 3.8) is 0 Å². The fourth-order valence-corrected chi connectivity index (χ4v) is 1.47. The molecule has 0 saturated heterocycles. The van der Waals surface area contributed by atoms with Gasteiger partial charge in [0.05, 0.1) is 0 Å². The molecular formula is C10H12ClIN2O. The van der Waals surface area contributed by atoms with E-state index >= 15 is 0 Å². The molecule has 0 aliphatic heterocycles. The summed E-state index contributed by atoms with van der Waals surface area (Å²) in [4.78, 5) is 11.3. The zero-order valence-electron chi connectivity index (χ0n) is 8.09. The molecule has 1 aromatic rings. The third-order valence-electron chi connectivity index (χ3n) is 1.70. The maximum Gasteiger partial charge on any atom is 0.319 e. The summed E-state index contributed by atoms with van der Waals surface area (Å²) in [5, 5.41) is 5.44. The number of benzene rings is 1. The number of anilines is 1. The van der Waals surface area contributed by atoms with Gasteiger partial charge in [-0.15, -0.1) is 11.6 Å². The van der Waals surface area contributed by atoms with Gasteiger partial charge in [-0.1, -0.05) is 0 Å². The molecule has 1 aromatic carbocycles. The molecule has 0 aromatic heterocycles. The molecular weight excluding hydrogens is 326 g/mol. The number of alkyl halides is 1. The first-order valence-electron chi connectivity index (χ1n) is 4.59. The quantitative estimate of drug-likeness (QED) is 0.494. The molecule has 2 amide bonds. The van der Waals surface area contributed by atoms with Crippen LogP contribution in [0.2, 0.25) is 0 Å². The van der Waals surface area contributed by atoms with Crippen LogP contribution in [0.3, 0.4) is 0 Å². The molecule has 5 heteroatoms. The van der Waals surface area contributed by atoms with Crippen LogP contribution < -0.4 is 10.6 Å². The summed E-state index contributed by atoms with van der Waals surface area (Å²) in [6, 6.07) is 7.41. The predicted octanol–water partition coefficient (Wildman–Crippen LogP) is 3.04. The Morgan fingerprint density at radius 1 is 1.33 bits per heavy atom. The van der Waals surface area contributed by atoms with Gasteiger partial charge in [-0.2, -0.15) is 0 Å². The van der Waals surface area contributed by atoms with Gasteiger partial charge < -0.3 is 10.6 Å². The van der Waals surface area contributed by atoms with Crippen LogP contribution >= 0.6 is 34.2 Å². The minimum atomic E-state index is -0.193. The average molecular weight is 339 g/mol. The van der Waals surface area contributed by atoms with Crippen molar-refractivity contribution in [3.8, 4) is 0 Å². The molecule has 0 bridgehead atoms. The van der Waals surface area contributed by atoms with Crippen LogP contribution in [0.25, 0.3) is 0 Å². The van der Waals surface area contributed by atoms with Crippen molar-refractivity contribution in [1.29, 1.82) is 0 Å². The minimum Gasteiger partial charge on any atom is -0.338 e. The van der Waals surface area contributed by atoms with E-state index in [4.69, 9.17) is 11.6 Å². The molecule has 0 heterocycles. The molecule has 0 spiro atoms. The average Bonchev–Trinajstić information content (AvgIpc) is 2.22. The van der Waals surface area contributed by atoms with Gasteiger partial charge in [0.15, 0.2) is 0 Å². The smallest absolute Gasteiger partial charge is 0.319 e. The third-order valence-corrected chi connectivity index (χ3v) is 2.68. The Morgan fingerprint density at radius 2 is 2.00 bits per heavy atom. The Bertz CT molecular complexity index is 316. The van der Waals surface area contributed by atoms with Crippen LogP contribution in [0, 0.1) is 3.57 Å². The highest BCUT2D eigenvalue weighted by atomic mass is 127. The van der Waals surface area contributed by atoms with Gasteiger partial charge in [0.2, 0.25) is 0 Å². The standard InChI is InChI=1S/C10H12ClIN2O/c11-6-1-7-13-10(15)14-9-4-2-8(12)3-5-9/h2-5H,1,6-7H2,(H2,13,14,15). The topological polar surface area (TPSA) is 41.1 Å². The van der Waals surface area contributed by atoms with Gasteiger partial charge in [0.25, 0.3) is 0 Å². The number of rotatable bonds is 4. The van der Waals surface area contributed by atoms with Crippen molar-refractivity contribution in [2.24, 2.45) is 0 Å². The molecule has 15 heavy (non-hydrogen) atoms. The molecule has 2 N–H and O–H groups in total. The molecule has 0 atom stereocenters.